The molecule has 0 aromatic carbocycles. The zero-order chi connectivity index (χ0) is 10.0. The number of hydrogen-bond acceptors (Lipinski definition) is 2. The van der Waals surface area contributed by atoms with Crippen LogP contribution in [0.2, 0.25) is 0 Å². The fraction of sp³-hybridized carbons (Fsp3) is 0. The van der Waals surface area contributed by atoms with Gasteiger partial charge in [-0.05, 0) is 5.53 Å². The van der Waals surface area contributed by atoms with Crippen LogP contribution in [0.25, 0.3) is 10.4 Å². The molecule has 0 aliphatic heterocycles. The first kappa shape index (κ1) is 9.27. The lowest BCUT2D eigenvalue weighted by Gasteiger charge is -1.98. The molecule has 0 bridgehead atoms. The molecule has 8 heteroatoms. The van der Waals surface area contributed by atoms with Gasteiger partial charge in [0, 0.05) is 4.91 Å². The fourth-order valence-electron chi connectivity index (χ4n) is 0.609. The van der Waals surface area contributed by atoms with E-state index in [9.17, 15) is 17.6 Å². The van der Waals surface area contributed by atoms with E-state index in [0.717, 1.165) is 0 Å². The monoisotopic (exact) mass is 192 g/mol. The summed E-state index contributed by atoms with van der Waals surface area (Å²) in [6.07, 6.45) is 0. The maximum Gasteiger partial charge on any atom is 0.252 e. The van der Waals surface area contributed by atoms with Gasteiger partial charge in [-0.1, -0.05) is 5.11 Å². The maximum atomic E-state index is 12.5. The Kier molecular flexibility index (Phi) is 2.34. The molecule has 0 saturated heterocycles. The summed E-state index contributed by atoms with van der Waals surface area (Å²) in [6, 6.07) is 0. The Balaban J connectivity index is 3.55. The average Bonchev–Trinajstić information content (AvgIpc) is 2.09. The van der Waals surface area contributed by atoms with E-state index in [-0.39, 0.29) is 0 Å². The van der Waals surface area contributed by atoms with Crippen LogP contribution < -0.4 is 0 Å². The molecule has 1 aromatic rings. The summed E-state index contributed by atoms with van der Waals surface area (Å²) in [6.45, 7) is 0. The van der Waals surface area contributed by atoms with Gasteiger partial charge in [0.05, 0.1) is 0 Å². The highest BCUT2D eigenvalue weighted by Gasteiger charge is 2.19. The molecule has 0 radical (unpaired) electrons. The first-order valence-corrected chi connectivity index (χ1v) is 2.83. The molecule has 0 fully saturated rings. The van der Waals surface area contributed by atoms with E-state index in [4.69, 9.17) is 5.53 Å². The van der Waals surface area contributed by atoms with Crippen molar-refractivity contribution in [3.8, 4) is 0 Å². The lowest BCUT2D eigenvalue weighted by Crippen LogP contribution is -1.98. The third kappa shape index (κ3) is 1.52. The second kappa shape index (κ2) is 3.28. The quantitative estimate of drug-likeness (QED) is 0.222. The molecule has 0 N–H and O–H groups in total. The van der Waals surface area contributed by atoms with Gasteiger partial charge in [-0.15, -0.1) is 0 Å². The van der Waals surface area contributed by atoms with Crippen molar-refractivity contribution in [3.63, 3.8) is 0 Å². The van der Waals surface area contributed by atoms with Gasteiger partial charge >= 0.3 is 0 Å². The van der Waals surface area contributed by atoms with Crippen LogP contribution in [0.3, 0.4) is 0 Å². The van der Waals surface area contributed by atoms with Crippen molar-refractivity contribution >= 4 is 5.69 Å². The van der Waals surface area contributed by atoms with Gasteiger partial charge < -0.3 is 0 Å². The Hall–Kier alpha value is -1.82. The number of azide groups is 1. The molecule has 0 amide bonds. The lowest BCUT2D eigenvalue weighted by molar-refractivity contribution is 0.410. The zero-order valence-electron chi connectivity index (χ0n) is 5.80. The molecule has 1 rings (SSSR count). The molecule has 68 valence electrons. The predicted molar refractivity (Wildman–Crippen MR) is 32.9 cm³/mol. The van der Waals surface area contributed by atoms with E-state index in [2.05, 4.69) is 10.1 Å². The Labute approximate surface area is 68.4 Å². The second-order valence-electron chi connectivity index (χ2n) is 1.86. The van der Waals surface area contributed by atoms with Gasteiger partial charge in [-0.25, -0.2) is 8.78 Å². The third-order valence-electron chi connectivity index (χ3n) is 1.12. The largest absolute Gasteiger partial charge is 0.252 e. The third-order valence-corrected chi connectivity index (χ3v) is 1.12. The standard InChI is InChI=1S/C5F4N4/c6-1-3(12-13-10)2(7)5(9)11-4(1)8. The van der Waals surface area contributed by atoms with E-state index in [0.29, 0.717) is 0 Å². The zero-order valence-corrected chi connectivity index (χ0v) is 5.80. The van der Waals surface area contributed by atoms with Gasteiger partial charge in [0.15, 0.2) is 11.6 Å². The van der Waals surface area contributed by atoms with Crippen LogP contribution in [-0.4, -0.2) is 4.98 Å². The summed E-state index contributed by atoms with van der Waals surface area (Å²) in [5.41, 5.74) is 6.44. The molecule has 0 unspecified atom stereocenters. The van der Waals surface area contributed by atoms with Crippen molar-refractivity contribution in [2.24, 2.45) is 5.11 Å². The first-order valence-electron chi connectivity index (χ1n) is 2.83. The number of rotatable bonds is 1. The number of nitrogens with zero attached hydrogens (tertiary/aromatic N) is 4. The molecule has 0 spiro atoms. The molecule has 0 aliphatic rings. The smallest absolute Gasteiger partial charge is 0.201 e. The minimum atomic E-state index is -1.86. The number of aromatic nitrogens is 1. The predicted octanol–water partition coefficient (Wildman–Crippen LogP) is 2.58. The van der Waals surface area contributed by atoms with Crippen molar-refractivity contribution in [1.29, 1.82) is 0 Å². The summed E-state index contributed by atoms with van der Waals surface area (Å²) in [7, 11) is 0. The highest BCUT2D eigenvalue weighted by Crippen LogP contribution is 2.24. The second-order valence-corrected chi connectivity index (χ2v) is 1.86. The Morgan fingerprint density at radius 2 is 1.54 bits per heavy atom. The van der Waals surface area contributed by atoms with Gasteiger partial charge in [-0.2, -0.15) is 13.8 Å². The molecule has 1 aromatic heterocycles. The van der Waals surface area contributed by atoms with Crippen LogP contribution in [0.15, 0.2) is 5.11 Å². The van der Waals surface area contributed by atoms with E-state index >= 15 is 0 Å². The Morgan fingerprint density at radius 3 is 1.92 bits per heavy atom. The van der Waals surface area contributed by atoms with Gasteiger partial charge in [-0.3, -0.25) is 0 Å². The van der Waals surface area contributed by atoms with Gasteiger partial charge in [0.1, 0.15) is 5.69 Å². The minimum absolute atomic E-state index is 1.37. The maximum absolute atomic E-state index is 12.5. The van der Waals surface area contributed by atoms with E-state index in [1.165, 1.54) is 0 Å². The molecule has 0 saturated carbocycles. The van der Waals surface area contributed by atoms with Gasteiger partial charge in [0.25, 0.3) is 11.9 Å². The van der Waals surface area contributed by atoms with Crippen molar-refractivity contribution < 1.29 is 17.6 Å². The summed E-state index contributed by atoms with van der Waals surface area (Å²) in [5.74, 6) is -7.36. The molecule has 13 heavy (non-hydrogen) atoms. The topological polar surface area (TPSA) is 61.7 Å². The molecule has 0 aliphatic carbocycles. The Morgan fingerprint density at radius 1 is 1.08 bits per heavy atom. The summed E-state index contributed by atoms with van der Waals surface area (Å²) in [4.78, 5) is 4.24. The normalized spacial score (nSPS) is 9.54. The number of hydrogen-bond donors (Lipinski definition) is 0. The molecule has 1 heterocycles. The van der Waals surface area contributed by atoms with Crippen molar-refractivity contribution in [3.05, 3.63) is 34.0 Å². The van der Waals surface area contributed by atoms with Crippen LogP contribution in [0.1, 0.15) is 0 Å². The van der Waals surface area contributed by atoms with Crippen LogP contribution in [0.5, 0.6) is 0 Å². The highest BCUT2D eigenvalue weighted by atomic mass is 19.2. The van der Waals surface area contributed by atoms with Crippen molar-refractivity contribution in [1.82, 2.24) is 4.98 Å². The fourth-order valence-corrected chi connectivity index (χ4v) is 0.609. The van der Waals surface area contributed by atoms with E-state index in [1.54, 1.807) is 0 Å². The molecule has 0 atom stereocenters. The van der Waals surface area contributed by atoms with Crippen molar-refractivity contribution in [2.75, 3.05) is 0 Å². The van der Waals surface area contributed by atoms with E-state index < -0.39 is 29.2 Å². The van der Waals surface area contributed by atoms with E-state index in [1.807, 2.05) is 4.91 Å². The minimum Gasteiger partial charge on any atom is -0.201 e. The molecular weight excluding hydrogens is 192 g/mol. The lowest BCUT2D eigenvalue weighted by atomic mass is 10.4. The highest BCUT2D eigenvalue weighted by molar-refractivity contribution is 5.38. The average molecular weight is 192 g/mol. The molecular formula is C5F4N4. The SMILES string of the molecule is [N-]=[N+]=Nc1c(F)c(F)nc(F)c1F. The number of pyridine rings is 1. The number of halogens is 4. The van der Waals surface area contributed by atoms with Gasteiger partial charge in [0.2, 0.25) is 0 Å². The summed E-state index contributed by atoms with van der Waals surface area (Å²) < 4.78 is 49.6. The van der Waals surface area contributed by atoms with Crippen LogP contribution >= 0.6 is 0 Å². The van der Waals surface area contributed by atoms with Crippen molar-refractivity contribution in [2.45, 2.75) is 0 Å². The van der Waals surface area contributed by atoms with Crippen LogP contribution in [0.4, 0.5) is 23.2 Å². The summed E-state index contributed by atoms with van der Waals surface area (Å²) >= 11 is 0. The van der Waals surface area contributed by atoms with Crippen LogP contribution in [0, 0.1) is 23.5 Å². The Bertz CT molecular complexity index is 372. The first-order chi connectivity index (χ1) is 6.07. The van der Waals surface area contributed by atoms with Crippen LogP contribution in [-0.2, 0) is 0 Å². The molecule has 4 nitrogen and oxygen atoms in total. The summed E-state index contributed by atoms with van der Waals surface area (Å²) in [5, 5.41) is 2.44.